The molecule has 3 N–H and O–H groups in total. The first kappa shape index (κ1) is 25.1. The molecule has 0 aromatic heterocycles. The van der Waals surface area contributed by atoms with Crippen molar-refractivity contribution in [1.82, 2.24) is 15.6 Å². The highest BCUT2D eigenvalue weighted by Gasteiger charge is 2.23. The van der Waals surface area contributed by atoms with Crippen LogP contribution >= 0.6 is 23.2 Å². The molecule has 12 heteroatoms. The van der Waals surface area contributed by atoms with Gasteiger partial charge in [-0.3, -0.25) is 14.9 Å². The Labute approximate surface area is 205 Å². The molecule has 0 saturated heterocycles. The number of carbonyl (C=O) groups excluding carboxylic acids is 3. The quantitative estimate of drug-likeness (QED) is 0.487. The molecule has 0 radical (unpaired) electrons. The Balaban J connectivity index is 1.68. The average molecular weight is 506 g/mol. The lowest BCUT2D eigenvalue weighted by molar-refractivity contribution is -0.121. The average Bonchev–Trinajstić information content (AvgIpc) is 2.79. The molecule has 178 valence electrons. The maximum Gasteiger partial charge on any atom is 0.413 e. The number of imide groups is 1. The number of hydrogen-bond donors (Lipinski definition) is 3. The maximum atomic E-state index is 12.2. The lowest BCUT2D eigenvalue weighted by Crippen LogP contribution is -2.47. The molecule has 2 aromatic carbocycles. The fraction of sp³-hybridized carbons (Fsp3) is 0.273. The SMILES string of the molecule is CCOC(=O)NC(=O)C(C#N)NNc1cc(Cl)c(Oc2ccc3c(c2)CCN(C)C3=O)c(Cl)c1. The first-order chi connectivity index (χ1) is 16.2. The number of fused-ring (bicyclic) bond motifs is 1. The number of alkyl carbamates (subject to hydrolysis) is 1. The van der Waals surface area contributed by atoms with E-state index in [0.29, 0.717) is 30.0 Å². The third-order valence-corrected chi connectivity index (χ3v) is 5.40. The largest absolute Gasteiger partial charge is 0.454 e. The predicted molar refractivity (Wildman–Crippen MR) is 125 cm³/mol. The van der Waals surface area contributed by atoms with E-state index in [0.717, 1.165) is 5.56 Å². The number of nitrogens with zero attached hydrogens (tertiary/aromatic N) is 2. The van der Waals surface area contributed by atoms with Gasteiger partial charge in [-0.05, 0) is 49.2 Å². The van der Waals surface area contributed by atoms with Gasteiger partial charge in [-0.2, -0.15) is 5.26 Å². The van der Waals surface area contributed by atoms with Gasteiger partial charge in [0.1, 0.15) is 5.75 Å². The van der Waals surface area contributed by atoms with Crippen molar-refractivity contribution in [3.63, 3.8) is 0 Å². The second kappa shape index (κ2) is 11.1. The second-order valence-electron chi connectivity index (χ2n) is 7.21. The molecule has 0 spiro atoms. The van der Waals surface area contributed by atoms with Gasteiger partial charge in [-0.15, -0.1) is 0 Å². The normalized spacial score (nSPS) is 13.4. The van der Waals surface area contributed by atoms with E-state index in [1.54, 1.807) is 43.1 Å². The molecule has 0 fully saturated rings. The van der Waals surface area contributed by atoms with Crippen molar-refractivity contribution in [3.05, 3.63) is 51.5 Å². The van der Waals surface area contributed by atoms with Crippen molar-refractivity contribution in [2.24, 2.45) is 0 Å². The highest BCUT2D eigenvalue weighted by molar-refractivity contribution is 6.37. The molecule has 1 aliphatic heterocycles. The summed E-state index contributed by atoms with van der Waals surface area (Å²) in [5, 5.41) is 11.4. The fourth-order valence-electron chi connectivity index (χ4n) is 3.14. The van der Waals surface area contributed by atoms with E-state index in [4.69, 9.17) is 27.9 Å². The lowest BCUT2D eigenvalue weighted by Gasteiger charge is -2.25. The second-order valence-corrected chi connectivity index (χ2v) is 8.02. The van der Waals surface area contributed by atoms with Crippen LogP contribution in [0.1, 0.15) is 22.8 Å². The van der Waals surface area contributed by atoms with Gasteiger partial charge in [0.25, 0.3) is 11.8 Å². The van der Waals surface area contributed by atoms with Crippen molar-refractivity contribution >= 4 is 46.8 Å². The summed E-state index contributed by atoms with van der Waals surface area (Å²) >= 11 is 12.7. The molecule has 2 aromatic rings. The number of amides is 3. The summed E-state index contributed by atoms with van der Waals surface area (Å²) < 4.78 is 10.5. The molecule has 1 heterocycles. The van der Waals surface area contributed by atoms with Crippen LogP contribution in [0.3, 0.4) is 0 Å². The van der Waals surface area contributed by atoms with E-state index < -0.39 is 18.0 Å². The van der Waals surface area contributed by atoms with Crippen LogP contribution < -0.4 is 20.9 Å². The topological polar surface area (TPSA) is 133 Å². The van der Waals surface area contributed by atoms with E-state index in [-0.39, 0.29) is 28.3 Å². The summed E-state index contributed by atoms with van der Waals surface area (Å²) in [6.45, 7) is 2.28. The van der Waals surface area contributed by atoms with Crippen LogP contribution in [0.15, 0.2) is 30.3 Å². The van der Waals surface area contributed by atoms with Crippen LogP contribution in [-0.4, -0.2) is 49.0 Å². The molecule has 0 bridgehead atoms. The van der Waals surface area contributed by atoms with Gasteiger partial charge in [0.05, 0.1) is 28.4 Å². The van der Waals surface area contributed by atoms with Crippen LogP contribution in [-0.2, 0) is 16.0 Å². The Morgan fingerprint density at radius 1 is 1.24 bits per heavy atom. The molecular formula is C22H21Cl2N5O5. The molecule has 3 amide bonds. The highest BCUT2D eigenvalue weighted by atomic mass is 35.5. The maximum absolute atomic E-state index is 12.2. The van der Waals surface area contributed by atoms with Crippen LogP contribution in [0.5, 0.6) is 11.5 Å². The molecule has 1 unspecified atom stereocenters. The Bertz CT molecular complexity index is 1140. The minimum absolute atomic E-state index is 0.0431. The van der Waals surface area contributed by atoms with Gasteiger partial charge in [-0.25, -0.2) is 10.2 Å². The molecule has 0 saturated carbocycles. The molecule has 0 aliphatic carbocycles. The van der Waals surface area contributed by atoms with Crippen molar-refractivity contribution in [1.29, 1.82) is 5.26 Å². The number of nitrogens with one attached hydrogen (secondary N) is 3. The van der Waals surface area contributed by atoms with Gasteiger partial charge in [-0.1, -0.05) is 23.2 Å². The van der Waals surface area contributed by atoms with E-state index in [1.807, 2.05) is 5.32 Å². The molecular weight excluding hydrogens is 485 g/mol. The van der Waals surface area contributed by atoms with Crippen LogP contribution in [0.2, 0.25) is 10.0 Å². The predicted octanol–water partition coefficient (Wildman–Crippen LogP) is 3.50. The Hall–Kier alpha value is -3.52. The highest BCUT2D eigenvalue weighted by Crippen LogP contribution is 2.39. The van der Waals surface area contributed by atoms with Crippen molar-refractivity contribution in [2.75, 3.05) is 25.6 Å². The Morgan fingerprint density at radius 2 is 1.94 bits per heavy atom. The van der Waals surface area contributed by atoms with Gasteiger partial charge >= 0.3 is 6.09 Å². The number of benzene rings is 2. The number of likely N-dealkylation sites (N-methyl/N-ethyl adjacent to an activating group) is 1. The van der Waals surface area contributed by atoms with Crippen LogP contribution in [0.25, 0.3) is 0 Å². The number of carbonyl (C=O) groups is 3. The number of nitriles is 1. The number of ether oxygens (including phenoxy) is 2. The molecule has 3 rings (SSSR count). The summed E-state index contributed by atoms with van der Waals surface area (Å²) in [6.07, 6.45) is -0.255. The number of rotatable bonds is 7. The zero-order valence-corrected chi connectivity index (χ0v) is 19.8. The number of anilines is 1. The van der Waals surface area contributed by atoms with Gasteiger partial charge in [0.2, 0.25) is 0 Å². The summed E-state index contributed by atoms with van der Waals surface area (Å²) in [5.74, 6) is -0.273. The minimum Gasteiger partial charge on any atom is -0.454 e. The zero-order valence-electron chi connectivity index (χ0n) is 18.3. The van der Waals surface area contributed by atoms with Crippen molar-refractivity contribution in [3.8, 4) is 17.6 Å². The minimum atomic E-state index is -1.41. The van der Waals surface area contributed by atoms with Crippen LogP contribution in [0.4, 0.5) is 10.5 Å². The standard InChI is InChI=1S/C22H21Cl2N5O5/c1-3-33-22(32)26-20(30)18(11-25)28-27-13-9-16(23)19(17(24)10-13)34-14-4-5-15-12(8-14)6-7-29(2)21(15)31/h4-5,8-10,18,27-28H,3,6-7H2,1-2H3,(H,26,30,32). The molecule has 1 aliphatic rings. The molecule has 1 atom stereocenters. The smallest absolute Gasteiger partial charge is 0.413 e. The van der Waals surface area contributed by atoms with E-state index >= 15 is 0 Å². The third-order valence-electron chi connectivity index (χ3n) is 4.84. The number of hydrogen-bond acceptors (Lipinski definition) is 8. The van der Waals surface area contributed by atoms with Gasteiger partial charge in [0, 0.05) is 19.2 Å². The third kappa shape index (κ3) is 5.88. The van der Waals surface area contributed by atoms with Gasteiger partial charge in [0.15, 0.2) is 11.8 Å². The first-order valence-corrected chi connectivity index (χ1v) is 10.9. The van der Waals surface area contributed by atoms with Crippen molar-refractivity contribution in [2.45, 2.75) is 19.4 Å². The van der Waals surface area contributed by atoms with Crippen LogP contribution in [0, 0.1) is 11.3 Å². The zero-order chi connectivity index (χ0) is 24.8. The van der Waals surface area contributed by atoms with E-state index in [1.165, 1.54) is 12.1 Å². The van der Waals surface area contributed by atoms with E-state index in [2.05, 4.69) is 15.6 Å². The summed E-state index contributed by atoms with van der Waals surface area (Å²) in [4.78, 5) is 37.2. The van der Waals surface area contributed by atoms with Gasteiger partial charge < -0.3 is 19.8 Å². The molecule has 10 nitrogen and oxygen atoms in total. The molecule has 34 heavy (non-hydrogen) atoms. The summed E-state index contributed by atoms with van der Waals surface area (Å²) in [7, 11) is 1.76. The van der Waals surface area contributed by atoms with E-state index in [9.17, 15) is 19.6 Å². The number of halogens is 2. The first-order valence-electron chi connectivity index (χ1n) is 10.2. The fourth-order valence-corrected chi connectivity index (χ4v) is 3.71. The number of hydrazine groups is 1. The Kier molecular flexibility index (Phi) is 8.17. The summed E-state index contributed by atoms with van der Waals surface area (Å²) in [6, 6.07) is 8.40. The van der Waals surface area contributed by atoms with Crippen molar-refractivity contribution < 1.29 is 23.9 Å². The summed E-state index contributed by atoms with van der Waals surface area (Å²) in [5.41, 5.74) is 6.97. The Morgan fingerprint density at radius 3 is 2.59 bits per heavy atom. The lowest BCUT2D eigenvalue weighted by atomic mass is 9.99. The monoisotopic (exact) mass is 505 g/mol.